The van der Waals surface area contributed by atoms with Crippen LogP contribution in [-0.2, 0) is 0 Å². The van der Waals surface area contributed by atoms with E-state index in [1.54, 1.807) is 17.0 Å². The highest BCUT2D eigenvalue weighted by atomic mass is 15.4. The second kappa shape index (κ2) is 6.35. The molecule has 0 unspecified atom stereocenters. The van der Waals surface area contributed by atoms with Crippen molar-refractivity contribution >= 4 is 17.3 Å². The number of nitrogens with zero attached hydrogens (tertiary/aromatic N) is 9. The molecule has 0 bridgehead atoms. The maximum atomic E-state index is 4.78. The molecular weight excluding hydrogens is 342 g/mol. The van der Waals surface area contributed by atoms with Crippen LogP contribution in [0.4, 0.5) is 11.6 Å². The second-order valence-electron chi connectivity index (χ2n) is 6.51. The molecule has 0 aliphatic carbocycles. The van der Waals surface area contributed by atoms with E-state index in [2.05, 4.69) is 36.1 Å². The Kier molecular flexibility index (Phi) is 3.70. The number of hydrogen-bond donors (Lipinski definition) is 0. The van der Waals surface area contributed by atoms with Gasteiger partial charge in [0.05, 0.1) is 0 Å². The average molecular weight is 361 g/mol. The van der Waals surface area contributed by atoms with Crippen molar-refractivity contribution in [2.45, 2.75) is 6.92 Å². The Bertz CT molecular complexity index is 1060. The molecule has 0 atom stereocenters. The molecule has 1 aliphatic rings. The molecule has 0 aromatic carbocycles. The van der Waals surface area contributed by atoms with E-state index >= 15 is 0 Å². The molecule has 4 aromatic rings. The van der Waals surface area contributed by atoms with E-state index < -0.39 is 0 Å². The van der Waals surface area contributed by atoms with Gasteiger partial charge in [-0.25, -0.2) is 9.97 Å². The summed E-state index contributed by atoms with van der Waals surface area (Å²) in [6.45, 7) is 5.46. The summed E-state index contributed by atoms with van der Waals surface area (Å²) in [5.74, 6) is 3.61. The van der Waals surface area contributed by atoms with Crippen LogP contribution in [0.3, 0.4) is 0 Å². The smallest absolute Gasteiger partial charge is 0.178 e. The number of piperazine rings is 1. The summed E-state index contributed by atoms with van der Waals surface area (Å²) in [5, 5.41) is 12.8. The normalized spacial score (nSPS) is 14.9. The molecule has 0 amide bonds. The lowest BCUT2D eigenvalue weighted by atomic mass is 10.3. The summed E-state index contributed by atoms with van der Waals surface area (Å²) in [6.07, 6.45) is 5.42. The van der Waals surface area contributed by atoms with Crippen molar-refractivity contribution in [2.24, 2.45) is 0 Å². The summed E-state index contributed by atoms with van der Waals surface area (Å²) in [7, 11) is 0. The van der Waals surface area contributed by atoms with Gasteiger partial charge in [-0.3, -0.25) is 4.57 Å². The lowest BCUT2D eigenvalue weighted by Gasteiger charge is -2.36. The number of pyridine rings is 1. The van der Waals surface area contributed by atoms with Gasteiger partial charge in [0.15, 0.2) is 11.5 Å². The highest BCUT2D eigenvalue weighted by molar-refractivity contribution is 5.49. The first kappa shape index (κ1) is 15.7. The molecule has 9 nitrogen and oxygen atoms in total. The van der Waals surface area contributed by atoms with Gasteiger partial charge < -0.3 is 9.80 Å². The zero-order valence-electron chi connectivity index (χ0n) is 15.0. The molecule has 1 saturated heterocycles. The van der Waals surface area contributed by atoms with Crippen molar-refractivity contribution in [2.75, 3.05) is 36.0 Å². The van der Waals surface area contributed by atoms with Gasteiger partial charge in [-0.2, -0.15) is 4.52 Å². The van der Waals surface area contributed by atoms with Crippen molar-refractivity contribution in [3.63, 3.8) is 0 Å². The monoisotopic (exact) mass is 361 g/mol. The Morgan fingerprint density at radius 2 is 1.63 bits per heavy atom. The van der Waals surface area contributed by atoms with Gasteiger partial charge in [0, 0.05) is 38.6 Å². The minimum Gasteiger partial charge on any atom is -0.353 e. The molecule has 4 aromatic heterocycles. The topological polar surface area (TPSA) is 80.3 Å². The van der Waals surface area contributed by atoms with Crippen molar-refractivity contribution in [1.82, 2.24) is 34.3 Å². The molecule has 0 saturated carbocycles. The summed E-state index contributed by atoms with van der Waals surface area (Å²) < 4.78 is 3.71. The van der Waals surface area contributed by atoms with E-state index in [1.165, 1.54) is 0 Å². The molecule has 136 valence electrons. The third kappa shape index (κ3) is 2.86. The zero-order chi connectivity index (χ0) is 18.2. The molecule has 5 rings (SSSR count). The van der Waals surface area contributed by atoms with E-state index in [1.807, 2.05) is 42.0 Å². The zero-order valence-corrected chi connectivity index (χ0v) is 15.0. The number of imidazole rings is 1. The predicted octanol–water partition coefficient (Wildman–Crippen LogP) is 1.34. The van der Waals surface area contributed by atoms with E-state index in [-0.39, 0.29) is 0 Å². The fraction of sp³-hybridized carbons (Fsp3) is 0.278. The van der Waals surface area contributed by atoms with Gasteiger partial charge in [0.2, 0.25) is 0 Å². The Morgan fingerprint density at radius 3 is 2.41 bits per heavy atom. The van der Waals surface area contributed by atoms with Crippen LogP contribution in [-0.4, -0.2) is 60.5 Å². The van der Waals surface area contributed by atoms with Crippen LogP contribution in [0.25, 0.3) is 11.5 Å². The Balaban J connectivity index is 1.32. The van der Waals surface area contributed by atoms with E-state index in [4.69, 9.17) is 4.98 Å². The largest absolute Gasteiger partial charge is 0.353 e. The van der Waals surface area contributed by atoms with Crippen LogP contribution in [0, 0.1) is 6.92 Å². The summed E-state index contributed by atoms with van der Waals surface area (Å²) in [4.78, 5) is 13.5. The Hall–Kier alpha value is -3.49. The van der Waals surface area contributed by atoms with Crippen LogP contribution in [0.15, 0.2) is 49.1 Å². The highest BCUT2D eigenvalue weighted by Crippen LogP contribution is 2.19. The predicted molar refractivity (Wildman–Crippen MR) is 101 cm³/mol. The fourth-order valence-corrected chi connectivity index (χ4v) is 3.35. The van der Waals surface area contributed by atoms with Crippen molar-refractivity contribution in [1.29, 1.82) is 0 Å². The molecule has 5 heterocycles. The third-order valence-electron chi connectivity index (χ3n) is 4.82. The maximum Gasteiger partial charge on any atom is 0.178 e. The number of aryl methyl sites for hydroxylation is 1. The quantitative estimate of drug-likeness (QED) is 0.545. The van der Waals surface area contributed by atoms with E-state index in [0.717, 1.165) is 55.1 Å². The summed E-state index contributed by atoms with van der Waals surface area (Å²) in [5.41, 5.74) is 0.774. The molecule has 0 radical (unpaired) electrons. The fourth-order valence-electron chi connectivity index (χ4n) is 3.35. The summed E-state index contributed by atoms with van der Waals surface area (Å²) >= 11 is 0. The van der Waals surface area contributed by atoms with Gasteiger partial charge in [0.25, 0.3) is 0 Å². The number of rotatable bonds is 3. The third-order valence-corrected chi connectivity index (χ3v) is 4.82. The first-order chi connectivity index (χ1) is 13.3. The van der Waals surface area contributed by atoms with Crippen LogP contribution in [0.2, 0.25) is 0 Å². The van der Waals surface area contributed by atoms with Gasteiger partial charge in [0.1, 0.15) is 23.8 Å². The van der Waals surface area contributed by atoms with Crippen LogP contribution in [0.1, 0.15) is 5.82 Å². The Morgan fingerprint density at radius 1 is 0.852 bits per heavy atom. The van der Waals surface area contributed by atoms with Crippen LogP contribution in [0.5, 0.6) is 0 Å². The lowest BCUT2D eigenvalue weighted by molar-refractivity contribution is 0.635. The molecule has 0 N–H and O–H groups in total. The molecule has 1 fully saturated rings. The lowest BCUT2D eigenvalue weighted by Crippen LogP contribution is -2.47. The first-order valence-electron chi connectivity index (χ1n) is 8.92. The molecule has 27 heavy (non-hydrogen) atoms. The van der Waals surface area contributed by atoms with Gasteiger partial charge in [-0.1, -0.05) is 6.07 Å². The van der Waals surface area contributed by atoms with Crippen LogP contribution >= 0.6 is 0 Å². The number of hydrogen-bond acceptors (Lipinski definition) is 7. The number of fused-ring (bicyclic) bond motifs is 1. The van der Waals surface area contributed by atoms with Gasteiger partial charge in [-0.15, -0.1) is 15.3 Å². The molecule has 0 spiro atoms. The van der Waals surface area contributed by atoms with Crippen molar-refractivity contribution < 1.29 is 0 Å². The van der Waals surface area contributed by atoms with E-state index in [0.29, 0.717) is 0 Å². The molecular formula is C18H19N9. The maximum absolute atomic E-state index is 4.78. The molecule has 9 heteroatoms. The minimum atomic E-state index is 0.774. The Labute approximate surface area is 155 Å². The van der Waals surface area contributed by atoms with Gasteiger partial charge in [-0.05, 0) is 31.2 Å². The van der Waals surface area contributed by atoms with Gasteiger partial charge >= 0.3 is 0 Å². The van der Waals surface area contributed by atoms with Crippen LogP contribution < -0.4 is 9.80 Å². The van der Waals surface area contributed by atoms with Crippen molar-refractivity contribution in [3.8, 4) is 5.82 Å². The average Bonchev–Trinajstić information content (AvgIpc) is 3.39. The minimum absolute atomic E-state index is 0.774. The molecule has 1 aliphatic heterocycles. The second-order valence-corrected chi connectivity index (χ2v) is 6.51. The number of aromatic nitrogens is 7. The van der Waals surface area contributed by atoms with Crippen molar-refractivity contribution in [3.05, 3.63) is 54.9 Å². The standard InChI is InChI=1S/C18H19N9/c1-14-21-22-17-5-6-18(23-27(14)17)25-11-9-24(10-12-25)15-3-2-4-16(20-15)26-8-7-19-13-26/h2-8,13H,9-12H2,1H3. The number of anilines is 2. The first-order valence-corrected chi connectivity index (χ1v) is 8.92. The summed E-state index contributed by atoms with van der Waals surface area (Å²) in [6, 6.07) is 10.1. The SMILES string of the molecule is Cc1nnc2ccc(N3CCN(c4cccc(-n5ccnc5)n4)CC3)nn12. The van der Waals surface area contributed by atoms with E-state index in [9.17, 15) is 0 Å². The highest BCUT2D eigenvalue weighted by Gasteiger charge is 2.20.